The Bertz CT molecular complexity index is 1440. The fraction of sp³-hybridized carbons (Fsp3) is 0.148. The summed E-state index contributed by atoms with van der Waals surface area (Å²) in [6, 6.07) is 20.7. The average Bonchev–Trinajstić information content (AvgIpc) is 3.29. The molecule has 6 nitrogen and oxygen atoms in total. The molecule has 0 radical (unpaired) electrons. The van der Waals surface area contributed by atoms with Crippen LogP contribution in [0.2, 0.25) is 0 Å². The molecule has 162 valence electrons. The highest BCUT2D eigenvalue weighted by atomic mass is 16.6. The third-order valence-corrected chi connectivity index (χ3v) is 7.21. The molecule has 0 fully saturated rings. The van der Waals surface area contributed by atoms with Crippen LogP contribution in [0, 0.1) is 10.1 Å². The second-order valence-corrected chi connectivity index (χ2v) is 8.53. The van der Waals surface area contributed by atoms with Gasteiger partial charge < -0.3 is 9.64 Å². The Morgan fingerprint density at radius 1 is 1.03 bits per heavy atom. The maximum atomic E-state index is 13.2. The van der Waals surface area contributed by atoms with Gasteiger partial charge in [0.05, 0.1) is 23.6 Å². The summed E-state index contributed by atoms with van der Waals surface area (Å²) in [4.78, 5) is 26.7. The Hall–Kier alpha value is -4.19. The van der Waals surface area contributed by atoms with Gasteiger partial charge in [0.2, 0.25) is 0 Å². The number of carbonyl (C=O) groups is 1. The molecule has 1 spiro atoms. The Morgan fingerprint density at radius 2 is 1.76 bits per heavy atom. The van der Waals surface area contributed by atoms with E-state index in [9.17, 15) is 14.9 Å². The van der Waals surface area contributed by atoms with E-state index in [-0.39, 0.29) is 22.6 Å². The van der Waals surface area contributed by atoms with E-state index in [4.69, 9.17) is 4.74 Å². The van der Waals surface area contributed by atoms with E-state index in [0.29, 0.717) is 5.57 Å². The molecule has 0 saturated carbocycles. The van der Waals surface area contributed by atoms with E-state index in [1.807, 2.05) is 67.7 Å². The van der Waals surface area contributed by atoms with Crippen LogP contribution in [-0.2, 0) is 15.1 Å². The molecule has 0 saturated heterocycles. The van der Waals surface area contributed by atoms with Gasteiger partial charge in [-0.3, -0.25) is 10.1 Å². The molecule has 33 heavy (non-hydrogen) atoms. The van der Waals surface area contributed by atoms with Crippen LogP contribution in [0.3, 0.4) is 0 Å². The Kier molecular flexibility index (Phi) is 3.93. The normalized spacial score (nSPS) is 21.5. The average molecular weight is 436 g/mol. The van der Waals surface area contributed by atoms with Crippen molar-refractivity contribution in [2.24, 2.45) is 0 Å². The Balaban J connectivity index is 1.74. The third kappa shape index (κ3) is 2.30. The number of fused-ring (bicyclic) bond motifs is 9. The molecular weight excluding hydrogens is 416 g/mol. The quantitative estimate of drug-likeness (QED) is 0.308. The highest BCUT2D eigenvalue weighted by Crippen LogP contribution is 2.63. The molecule has 2 heterocycles. The van der Waals surface area contributed by atoms with Crippen molar-refractivity contribution >= 4 is 17.7 Å². The molecule has 0 N–H and O–H groups in total. The molecule has 1 aliphatic carbocycles. The first-order valence-corrected chi connectivity index (χ1v) is 10.7. The van der Waals surface area contributed by atoms with Gasteiger partial charge in [0.1, 0.15) is 5.54 Å². The minimum atomic E-state index is -0.851. The van der Waals surface area contributed by atoms with Crippen molar-refractivity contribution in [3.63, 3.8) is 0 Å². The number of methoxy groups -OCH3 is 1. The van der Waals surface area contributed by atoms with E-state index in [1.54, 1.807) is 12.1 Å². The summed E-state index contributed by atoms with van der Waals surface area (Å²) in [6.07, 6.45) is 4.05. The first-order valence-electron chi connectivity index (χ1n) is 10.7. The number of rotatable bonds is 2. The van der Waals surface area contributed by atoms with Crippen LogP contribution < -0.4 is 0 Å². The number of benzene rings is 3. The van der Waals surface area contributed by atoms with Gasteiger partial charge in [-0.2, -0.15) is 0 Å². The van der Waals surface area contributed by atoms with Gasteiger partial charge >= 0.3 is 5.97 Å². The highest BCUT2D eigenvalue weighted by molar-refractivity contribution is 5.96. The summed E-state index contributed by atoms with van der Waals surface area (Å²) in [5.74, 6) is -0.388. The molecule has 0 amide bonds. The second-order valence-electron chi connectivity index (χ2n) is 8.53. The zero-order valence-corrected chi connectivity index (χ0v) is 18.1. The molecule has 6 rings (SSSR count). The van der Waals surface area contributed by atoms with Gasteiger partial charge in [-0.1, -0.05) is 48.5 Å². The molecular formula is C27H20N2O4. The van der Waals surface area contributed by atoms with Crippen LogP contribution in [0.15, 0.2) is 84.1 Å². The van der Waals surface area contributed by atoms with Gasteiger partial charge in [-0.05, 0) is 52.5 Å². The van der Waals surface area contributed by atoms with Crippen LogP contribution in [-0.4, -0.2) is 22.9 Å². The molecule has 2 atom stereocenters. The van der Waals surface area contributed by atoms with Crippen molar-refractivity contribution in [1.82, 2.24) is 4.90 Å². The molecule has 0 aromatic heterocycles. The number of esters is 1. The second kappa shape index (κ2) is 6.65. The van der Waals surface area contributed by atoms with Crippen molar-refractivity contribution in [3.8, 4) is 11.1 Å². The number of hydrogen-bond donors (Lipinski definition) is 0. The monoisotopic (exact) mass is 436 g/mol. The van der Waals surface area contributed by atoms with Crippen LogP contribution in [0.5, 0.6) is 0 Å². The largest absolute Gasteiger partial charge is 0.466 e. The number of nitro groups is 1. The van der Waals surface area contributed by atoms with E-state index < -0.39 is 5.54 Å². The number of nitro benzene ring substituents is 1. The number of ether oxygens (including phenoxy) is 1. The lowest BCUT2D eigenvalue weighted by Gasteiger charge is -2.43. The van der Waals surface area contributed by atoms with Crippen molar-refractivity contribution in [2.75, 3.05) is 7.11 Å². The zero-order chi connectivity index (χ0) is 22.9. The SMILES string of the molecule is COC(=O)C1=C(C)C2(c3ccccc3-c3ccc([N+](=O)[O-])cc32)N2C=Cc3ccccc3C12. The van der Waals surface area contributed by atoms with Crippen LogP contribution in [0.1, 0.15) is 35.2 Å². The molecule has 2 unspecified atom stereocenters. The van der Waals surface area contributed by atoms with Crippen molar-refractivity contribution in [3.05, 3.63) is 116 Å². The molecule has 0 bridgehead atoms. The topological polar surface area (TPSA) is 72.7 Å². The van der Waals surface area contributed by atoms with Crippen LogP contribution in [0.4, 0.5) is 5.69 Å². The zero-order valence-electron chi connectivity index (χ0n) is 18.1. The summed E-state index contributed by atoms with van der Waals surface area (Å²) < 4.78 is 5.25. The van der Waals surface area contributed by atoms with E-state index in [0.717, 1.165) is 39.0 Å². The Labute approximate surface area is 190 Å². The fourth-order valence-corrected chi connectivity index (χ4v) is 5.92. The standard InChI is InChI=1S/C27H20N2O4/c1-16-24(26(30)33-2)25-19-8-4-3-7-17(19)13-14-28(25)27(16)22-10-6-5-9-20(22)21-12-11-18(29(31)32)15-23(21)27/h3-15,25H,1-2H3. The summed E-state index contributed by atoms with van der Waals surface area (Å²) in [5, 5.41) is 11.7. The molecule has 2 aliphatic heterocycles. The predicted octanol–water partition coefficient (Wildman–Crippen LogP) is 5.35. The maximum absolute atomic E-state index is 13.2. The lowest BCUT2D eigenvalue weighted by Crippen LogP contribution is -2.42. The predicted molar refractivity (Wildman–Crippen MR) is 124 cm³/mol. The first-order chi connectivity index (χ1) is 16.0. The molecule has 3 aliphatic rings. The van der Waals surface area contributed by atoms with Gasteiger partial charge in [0.25, 0.3) is 5.69 Å². The van der Waals surface area contributed by atoms with E-state index in [1.165, 1.54) is 7.11 Å². The van der Waals surface area contributed by atoms with Crippen LogP contribution >= 0.6 is 0 Å². The van der Waals surface area contributed by atoms with Gasteiger partial charge in [0, 0.05) is 23.9 Å². The molecule has 3 aromatic rings. The number of nitrogens with zero attached hydrogens (tertiary/aromatic N) is 2. The lowest BCUT2D eigenvalue weighted by atomic mass is 9.80. The van der Waals surface area contributed by atoms with Crippen LogP contribution in [0.25, 0.3) is 17.2 Å². The number of hydrogen-bond acceptors (Lipinski definition) is 5. The van der Waals surface area contributed by atoms with Crippen molar-refractivity contribution in [1.29, 1.82) is 0 Å². The smallest absolute Gasteiger partial charge is 0.336 e. The third-order valence-electron chi connectivity index (χ3n) is 7.21. The summed E-state index contributed by atoms with van der Waals surface area (Å²) in [6.45, 7) is 1.95. The van der Waals surface area contributed by atoms with Gasteiger partial charge in [-0.25, -0.2) is 4.79 Å². The Morgan fingerprint density at radius 3 is 2.55 bits per heavy atom. The summed E-state index contributed by atoms with van der Waals surface area (Å²) in [5.41, 5.74) is 6.38. The van der Waals surface area contributed by atoms with E-state index >= 15 is 0 Å². The maximum Gasteiger partial charge on any atom is 0.336 e. The highest BCUT2D eigenvalue weighted by Gasteiger charge is 2.58. The van der Waals surface area contributed by atoms with Gasteiger partial charge in [-0.15, -0.1) is 0 Å². The lowest BCUT2D eigenvalue weighted by molar-refractivity contribution is -0.384. The first kappa shape index (κ1) is 19.5. The summed E-state index contributed by atoms with van der Waals surface area (Å²) >= 11 is 0. The molecule has 6 heteroatoms. The van der Waals surface area contributed by atoms with Crippen molar-refractivity contribution in [2.45, 2.75) is 18.5 Å². The van der Waals surface area contributed by atoms with Crippen molar-refractivity contribution < 1.29 is 14.5 Å². The fourth-order valence-electron chi connectivity index (χ4n) is 5.92. The van der Waals surface area contributed by atoms with Gasteiger partial charge in [0.15, 0.2) is 0 Å². The number of carbonyl (C=O) groups excluding carboxylic acids is 1. The molecule has 3 aromatic carbocycles. The summed E-state index contributed by atoms with van der Waals surface area (Å²) in [7, 11) is 1.39. The minimum Gasteiger partial charge on any atom is -0.466 e. The number of non-ortho nitro benzene ring substituents is 1. The van der Waals surface area contributed by atoms with E-state index in [2.05, 4.69) is 11.0 Å². The minimum absolute atomic E-state index is 0.0261.